The van der Waals surface area contributed by atoms with Gasteiger partial charge in [0.05, 0.1) is 12.6 Å². The monoisotopic (exact) mass is 234 g/mol. The molecule has 0 radical (unpaired) electrons. The number of amides is 1. The molecule has 0 unspecified atom stereocenters. The Kier molecular flexibility index (Phi) is 4.27. The summed E-state index contributed by atoms with van der Waals surface area (Å²) in [6.45, 7) is 4.06. The van der Waals surface area contributed by atoms with E-state index in [-0.39, 0.29) is 5.91 Å². The number of aromatic nitrogens is 2. The fraction of sp³-hybridized carbons (Fsp3) is 0.583. The number of hydrogen-bond donors (Lipinski definition) is 1. The number of carbonyl (C=O) groups excluding carboxylic acids is 1. The lowest BCUT2D eigenvalue weighted by atomic mass is 9.83. The van der Waals surface area contributed by atoms with Gasteiger partial charge in [-0.25, -0.2) is 4.98 Å². The van der Waals surface area contributed by atoms with Crippen molar-refractivity contribution in [2.45, 2.75) is 33.2 Å². The largest absolute Gasteiger partial charge is 0.347 e. The summed E-state index contributed by atoms with van der Waals surface area (Å²) in [5.41, 5.74) is -0.912. The molecule has 0 aliphatic heterocycles. The van der Waals surface area contributed by atoms with E-state index in [1.807, 2.05) is 31.7 Å². The molecular formula is C12H18N4O. The van der Waals surface area contributed by atoms with Crippen LogP contribution in [0.25, 0.3) is 0 Å². The summed E-state index contributed by atoms with van der Waals surface area (Å²) in [5.74, 6) is 0.561. The fourth-order valence-corrected chi connectivity index (χ4v) is 1.68. The minimum absolute atomic E-state index is 0.215. The molecule has 5 heteroatoms. The van der Waals surface area contributed by atoms with Crippen LogP contribution in [-0.4, -0.2) is 15.5 Å². The van der Waals surface area contributed by atoms with E-state index in [0.29, 0.717) is 19.4 Å². The molecule has 1 N–H and O–H groups in total. The lowest BCUT2D eigenvalue weighted by Gasteiger charge is -2.21. The second kappa shape index (κ2) is 5.48. The number of rotatable bonds is 5. The predicted molar refractivity (Wildman–Crippen MR) is 63.7 cm³/mol. The first-order valence-electron chi connectivity index (χ1n) is 5.75. The maximum Gasteiger partial charge on any atom is 0.240 e. The Hall–Kier alpha value is -1.83. The highest BCUT2D eigenvalue weighted by Gasteiger charge is 2.34. The van der Waals surface area contributed by atoms with Gasteiger partial charge < -0.3 is 9.88 Å². The predicted octanol–water partition coefficient (Wildman–Crippen LogP) is 1.37. The Morgan fingerprint density at radius 3 is 2.65 bits per heavy atom. The van der Waals surface area contributed by atoms with Crippen LogP contribution in [0.15, 0.2) is 12.4 Å². The van der Waals surface area contributed by atoms with E-state index in [4.69, 9.17) is 5.26 Å². The van der Waals surface area contributed by atoms with Crippen molar-refractivity contribution in [2.75, 3.05) is 0 Å². The van der Waals surface area contributed by atoms with Crippen molar-refractivity contribution >= 4 is 5.91 Å². The fourth-order valence-electron chi connectivity index (χ4n) is 1.68. The van der Waals surface area contributed by atoms with Crippen molar-refractivity contribution < 1.29 is 4.79 Å². The minimum Gasteiger partial charge on any atom is -0.347 e. The van der Waals surface area contributed by atoms with Crippen LogP contribution in [0.1, 0.15) is 32.5 Å². The van der Waals surface area contributed by atoms with Crippen LogP contribution in [0.4, 0.5) is 0 Å². The topological polar surface area (TPSA) is 70.7 Å². The highest BCUT2D eigenvalue weighted by Crippen LogP contribution is 2.25. The SMILES string of the molecule is CCC(C#N)(CC)C(=O)NCc1nccn1C. The standard InChI is InChI=1S/C12H18N4O/c1-4-12(5-2,9-13)11(17)15-8-10-14-6-7-16(10)3/h6-7H,4-5,8H2,1-3H3,(H,15,17). The van der Waals surface area contributed by atoms with Gasteiger partial charge in [0.25, 0.3) is 0 Å². The molecule has 1 amide bonds. The maximum absolute atomic E-state index is 12.0. The van der Waals surface area contributed by atoms with Gasteiger partial charge in [-0.3, -0.25) is 4.79 Å². The van der Waals surface area contributed by atoms with Crippen molar-refractivity contribution in [3.05, 3.63) is 18.2 Å². The van der Waals surface area contributed by atoms with Crippen LogP contribution in [0, 0.1) is 16.7 Å². The number of nitriles is 1. The van der Waals surface area contributed by atoms with Crippen LogP contribution >= 0.6 is 0 Å². The quantitative estimate of drug-likeness (QED) is 0.836. The molecule has 1 aromatic heterocycles. The molecule has 92 valence electrons. The van der Waals surface area contributed by atoms with Gasteiger partial charge in [-0.15, -0.1) is 0 Å². The van der Waals surface area contributed by atoms with Gasteiger partial charge in [0.2, 0.25) is 5.91 Å². The van der Waals surface area contributed by atoms with Crippen molar-refractivity contribution in [2.24, 2.45) is 12.5 Å². The van der Waals surface area contributed by atoms with Crippen molar-refractivity contribution in [1.29, 1.82) is 5.26 Å². The molecular weight excluding hydrogens is 216 g/mol. The molecule has 17 heavy (non-hydrogen) atoms. The zero-order chi connectivity index (χ0) is 12.9. The van der Waals surface area contributed by atoms with Crippen LogP contribution in [-0.2, 0) is 18.4 Å². The molecule has 0 saturated heterocycles. The summed E-state index contributed by atoms with van der Waals surface area (Å²) in [7, 11) is 1.87. The average molecular weight is 234 g/mol. The summed E-state index contributed by atoms with van der Waals surface area (Å²) >= 11 is 0. The summed E-state index contributed by atoms with van der Waals surface area (Å²) in [6, 6.07) is 2.12. The van der Waals surface area contributed by atoms with E-state index in [1.54, 1.807) is 6.20 Å². The summed E-state index contributed by atoms with van der Waals surface area (Å²) in [4.78, 5) is 16.1. The van der Waals surface area contributed by atoms with Crippen molar-refractivity contribution in [3.63, 3.8) is 0 Å². The van der Waals surface area contributed by atoms with Crippen LogP contribution < -0.4 is 5.32 Å². The third kappa shape index (κ3) is 2.64. The Morgan fingerprint density at radius 2 is 2.24 bits per heavy atom. The molecule has 0 fully saturated rings. The summed E-state index contributed by atoms with van der Waals surface area (Å²) in [5, 5.41) is 11.9. The number of hydrogen-bond acceptors (Lipinski definition) is 3. The van der Waals surface area contributed by atoms with Gasteiger partial charge in [-0.2, -0.15) is 5.26 Å². The molecule has 1 heterocycles. The Morgan fingerprint density at radius 1 is 1.59 bits per heavy atom. The first-order valence-corrected chi connectivity index (χ1v) is 5.75. The lowest BCUT2D eigenvalue weighted by molar-refractivity contribution is -0.128. The molecule has 5 nitrogen and oxygen atoms in total. The molecule has 0 aliphatic rings. The number of nitrogens with zero attached hydrogens (tertiary/aromatic N) is 3. The number of aryl methyl sites for hydroxylation is 1. The van der Waals surface area contributed by atoms with E-state index in [9.17, 15) is 4.79 Å². The molecule has 0 atom stereocenters. The Balaban J connectivity index is 2.67. The summed E-state index contributed by atoms with van der Waals surface area (Å²) < 4.78 is 1.84. The number of carbonyl (C=O) groups is 1. The molecule has 1 rings (SSSR count). The number of imidazole rings is 1. The minimum atomic E-state index is -0.912. The average Bonchev–Trinajstić information content (AvgIpc) is 2.75. The molecule has 0 spiro atoms. The van der Waals surface area contributed by atoms with Gasteiger partial charge in [0, 0.05) is 19.4 Å². The van der Waals surface area contributed by atoms with Crippen molar-refractivity contribution in [1.82, 2.24) is 14.9 Å². The van der Waals surface area contributed by atoms with Gasteiger partial charge in [0.1, 0.15) is 11.2 Å². The molecule has 0 bridgehead atoms. The molecule has 1 aromatic rings. The lowest BCUT2D eigenvalue weighted by Crippen LogP contribution is -2.39. The smallest absolute Gasteiger partial charge is 0.240 e. The maximum atomic E-state index is 12.0. The Labute approximate surface area is 101 Å². The van der Waals surface area contributed by atoms with Gasteiger partial charge >= 0.3 is 0 Å². The zero-order valence-electron chi connectivity index (χ0n) is 10.5. The highest BCUT2D eigenvalue weighted by atomic mass is 16.2. The third-order valence-electron chi connectivity index (χ3n) is 3.18. The first kappa shape index (κ1) is 13.2. The second-order valence-electron chi connectivity index (χ2n) is 4.04. The molecule has 0 aliphatic carbocycles. The van der Waals surface area contributed by atoms with E-state index in [0.717, 1.165) is 5.82 Å². The van der Waals surface area contributed by atoms with Gasteiger partial charge in [-0.05, 0) is 12.8 Å². The van der Waals surface area contributed by atoms with Crippen LogP contribution in [0.5, 0.6) is 0 Å². The molecule has 0 saturated carbocycles. The van der Waals surface area contributed by atoms with E-state index < -0.39 is 5.41 Å². The van der Waals surface area contributed by atoms with Crippen LogP contribution in [0.2, 0.25) is 0 Å². The second-order valence-corrected chi connectivity index (χ2v) is 4.04. The van der Waals surface area contributed by atoms with Gasteiger partial charge in [0.15, 0.2) is 0 Å². The summed E-state index contributed by atoms with van der Waals surface area (Å²) in [6.07, 6.45) is 4.54. The van der Waals surface area contributed by atoms with Gasteiger partial charge in [-0.1, -0.05) is 13.8 Å². The molecule has 0 aromatic carbocycles. The normalized spacial score (nSPS) is 10.9. The van der Waals surface area contributed by atoms with Crippen molar-refractivity contribution in [3.8, 4) is 6.07 Å². The number of nitrogens with one attached hydrogen (secondary N) is 1. The van der Waals surface area contributed by atoms with E-state index in [1.165, 1.54) is 0 Å². The van der Waals surface area contributed by atoms with Crippen LogP contribution in [0.3, 0.4) is 0 Å². The van der Waals surface area contributed by atoms with E-state index >= 15 is 0 Å². The highest BCUT2D eigenvalue weighted by molar-refractivity contribution is 5.85. The van der Waals surface area contributed by atoms with E-state index in [2.05, 4.69) is 16.4 Å². The first-order chi connectivity index (χ1) is 8.09. The zero-order valence-corrected chi connectivity index (χ0v) is 10.5. The third-order valence-corrected chi connectivity index (χ3v) is 3.18. The Bertz CT molecular complexity index is 426.